The van der Waals surface area contributed by atoms with Crippen LogP contribution in [0.4, 0.5) is 0 Å². The van der Waals surface area contributed by atoms with Gasteiger partial charge in [0, 0.05) is 5.57 Å². The van der Waals surface area contributed by atoms with Crippen LogP contribution < -0.4 is 0 Å². The fraction of sp³-hybridized carbons (Fsp3) is 0.600. The summed E-state index contributed by atoms with van der Waals surface area (Å²) in [5.41, 5.74) is 0.368. The first-order chi connectivity index (χ1) is 9.02. The average Bonchev–Trinajstić information content (AvgIpc) is 2.34. The molecule has 0 radical (unpaired) electrons. The molecule has 0 rings (SSSR count). The van der Waals surface area contributed by atoms with Crippen LogP contribution in [-0.4, -0.2) is 23.7 Å². The lowest BCUT2D eigenvalue weighted by Gasteiger charge is -2.13. The van der Waals surface area contributed by atoms with Crippen LogP contribution in [0.5, 0.6) is 0 Å². The van der Waals surface area contributed by atoms with Crippen LogP contribution in [-0.2, 0) is 14.3 Å². The van der Waals surface area contributed by atoms with Crippen molar-refractivity contribution in [3.05, 3.63) is 24.3 Å². The molecular formula is C15H24O4. The minimum atomic E-state index is -0.932. The second-order valence-corrected chi connectivity index (χ2v) is 4.55. The van der Waals surface area contributed by atoms with Crippen molar-refractivity contribution in [2.24, 2.45) is 5.92 Å². The summed E-state index contributed by atoms with van der Waals surface area (Å²) in [6, 6.07) is 0. The van der Waals surface area contributed by atoms with Crippen LogP contribution in [0.15, 0.2) is 24.3 Å². The van der Waals surface area contributed by atoms with E-state index >= 15 is 0 Å². The Balaban J connectivity index is 4.30. The van der Waals surface area contributed by atoms with E-state index in [2.05, 4.69) is 13.5 Å². The summed E-state index contributed by atoms with van der Waals surface area (Å²) in [7, 11) is 0. The smallest absolute Gasteiger partial charge is 0.334 e. The molecule has 0 aliphatic carbocycles. The molecule has 108 valence electrons. The highest BCUT2D eigenvalue weighted by molar-refractivity contribution is 5.90. The molecule has 4 heteroatoms. The average molecular weight is 268 g/mol. The molecule has 0 aromatic rings. The summed E-state index contributed by atoms with van der Waals surface area (Å²) in [5, 5.41) is 8.75. The number of hydrogen-bond donors (Lipinski definition) is 1. The van der Waals surface area contributed by atoms with E-state index < -0.39 is 11.9 Å². The first kappa shape index (κ1) is 17.4. The lowest BCUT2D eigenvalue weighted by molar-refractivity contribution is -0.140. The predicted octanol–water partition coefficient (Wildman–Crippen LogP) is 3.33. The van der Waals surface area contributed by atoms with Crippen molar-refractivity contribution in [1.82, 2.24) is 0 Å². The topological polar surface area (TPSA) is 63.6 Å². The van der Waals surface area contributed by atoms with Crippen molar-refractivity contribution in [2.45, 2.75) is 46.0 Å². The third-order valence-corrected chi connectivity index (χ3v) is 2.78. The first-order valence-corrected chi connectivity index (χ1v) is 6.74. The quantitative estimate of drug-likeness (QED) is 0.286. The molecule has 0 fully saturated rings. The molecule has 0 amide bonds. The van der Waals surface area contributed by atoms with E-state index in [0.717, 1.165) is 25.7 Å². The van der Waals surface area contributed by atoms with Crippen molar-refractivity contribution in [2.75, 3.05) is 6.61 Å². The van der Waals surface area contributed by atoms with E-state index in [1.165, 1.54) is 12.2 Å². The lowest BCUT2D eigenvalue weighted by atomic mass is 9.97. The van der Waals surface area contributed by atoms with Gasteiger partial charge in [-0.2, -0.15) is 0 Å². The Morgan fingerprint density at radius 2 is 2.00 bits per heavy atom. The molecule has 0 aromatic carbocycles. The van der Waals surface area contributed by atoms with Crippen LogP contribution in [0.3, 0.4) is 0 Å². The van der Waals surface area contributed by atoms with Gasteiger partial charge in [0.15, 0.2) is 0 Å². The van der Waals surface area contributed by atoms with Gasteiger partial charge in [-0.05, 0) is 12.3 Å². The van der Waals surface area contributed by atoms with E-state index in [4.69, 9.17) is 9.84 Å². The zero-order valence-corrected chi connectivity index (χ0v) is 11.9. The standard InChI is InChI=1S/C15H24O4/c1-4-6-7-8-10-19-15(18)13(9-5-2)12(3)11-14(16)17/h5,9,12H,2,4,6-8,10-11H2,1,3H3,(H,16,17). The molecule has 0 saturated heterocycles. The van der Waals surface area contributed by atoms with Crippen LogP contribution in [0.2, 0.25) is 0 Å². The van der Waals surface area contributed by atoms with Crippen LogP contribution in [0.25, 0.3) is 0 Å². The maximum absolute atomic E-state index is 11.9. The summed E-state index contributed by atoms with van der Waals surface area (Å²) >= 11 is 0. The van der Waals surface area contributed by atoms with E-state index in [1.807, 2.05) is 0 Å². The molecule has 0 spiro atoms. The van der Waals surface area contributed by atoms with E-state index in [-0.39, 0.29) is 12.3 Å². The van der Waals surface area contributed by atoms with Crippen molar-refractivity contribution < 1.29 is 19.4 Å². The van der Waals surface area contributed by atoms with Crippen molar-refractivity contribution >= 4 is 11.9 Å². The van der Waals surface area contributed by atoms with Gasteiger partial charge >= 0.3 is 11.9 Å². The molecule has 0 aromatic heterocycles. The minimum Gasteiger partial charge on any atom is -0.481 e. The number of aliphatic carboxylic acids is 1. The SMILES string of the molecule is C=CC=C(C(=O)OCCCCCC)C(C)CC(=O)O. The first-order valence-electron chi connectivity index (χ1n) is 6.74. The van der Waals surface area contributed by atoms with Crippen LogP contribution >= 0.6 is 0 Å². The highest BCUT2D eigenvalue weighted by atomic mass is 16.5. The van der Waals surface area contributed by atoms with Crippen molar-refractivity contribution in [3.63, 3.8) is 0 Å². The van der Waals surface area contributed by atoms with Gasteiger partial charge in [0.05, 0.1) is 13.0 Å². The normalized spacial score (nSPS) is 12.8. The molecule has 0 heterocycles. The number of ether oxygens (including phenoxy) is 1. The Morgan fingerprint density at radius 3 is 2.53 bits per heavy atom. The number of carbonyl (C=O) groups excluding carboxylic acids is 1. The summed E-state index contributed by atoms with van der Waals surface area (Å²) in [6.45, 7) is 7.73. The Kier molecular flexibility index (Phi) is 9.49. The summed E-state index contributed by atoms with van der Waals surface area (Å²) < 4.78 is 5.16. The number of unbranched alkanes of at least 4 members (excludes halogenated alkanes) is 3. The number of hydrogen-bond acceptors (Lipinski definition) is 3. The molecule has 4 nitrogen and oxygen atoms in total. The number of rotatable bonds is 10. The highest BCUT2D eigenvalue weighted by Gasteiger charge is 2.20. The van der Waals surface area contributed by atoms with Gasteiger partial charge in [0.25, 0.3) is 0 Å². The van der Waals surface area contributed by atoms with E-state index in [0.29, 0.717) is 12.2 Å². The van der Waals surface area contributed by atoms with Gasteiger partial charge in [-0.3, -0.25) is 4.79 Å². The van der Waals surface area contributed by atoms with Gasteiger partial charge in [0.2, 0.25) is 0 Å². The fourth-order valence-corrected chi connectivity index (χ4v) is 1.71. The third kappa shape index (κ3) is 8.19. The Hall–Kier alpha value is -1.58. The number of carboxylic acid groups (broad SMARTS) is 1. The van der Waals surface area contributed by atoms with Gasteiger partial charge in [0.1, 0.15) is 0 Å². The summed E-state index contributed by atoms with van der Waals surface area (Å²) in [5.74, 6) is -1.75. The molecular weight excluding hydrogens is 244 g/mol. The second-order valence-electron chi connectivity index (χ2n) is 4.55. The molecule has 0 aliphatic rings. The molecule has 1 N–H and O–H groups in total. The van der Waals surface area contributed by atoms with Crippen LogP contribution in [0.1, 0.15) is 46.0 Å². The zero-order valence-electron chi connectivity index (χ0n) is 11.9. The van der Waals surface area contributed by atoms with Gasteiger partial charge in [-0.15, -0.1) is 0 Å². The predicted molar refractivity (Wildman–Crippen MR) is 74.8 cm³/mol. The Morgan fingerprint density at radius 1 is 1.32 bits per heavy atom. The number of carbonyl (C=O) groups is 2. The second kappa shape index (κ2) is 10.4. The molecule has 19 heavy (non-hydrogen) atoms. The molecule has 0 aliphatic heterocycles. The Bertz CT molecular complexity index is 331. The monoisotopic (exact) mass is 268 g/mol. The van der Waals surface area contributed by atoms with E-state index in [9.17, 15) is 9.59 Å². The third-order valence-electron chi connectivity index (χ3n) is 2.78. The van der Waals surface area contributed by atoms with Crippen LogP contribution in [0, 0.1) is 5.92 Å². The van der Waals surface area contributed by atoms with Gasteiger partial charge in [-0.1, -0.05) is 51.8 Å². The molecule has 1 unspecified atom stereocenters. The number of allylic oxidation sites excluding steroid dienone is 2. The molecule has 0 saturated carbocycles. The molecule has 1 atom stereocenters. The van der Waals surface area contributed by atoms with Gasteiger partial charge in [-0.25, -0.2) is 4.79 Å². The Labute approximate surface area is 115 Å². The van der Waals surface area contributed by atoms with E-state index in [1.54, 1.807) is 6.92 Å². The maximum Gasteiger partial charge on any atom is 0.334 e. The highest BCUT2D eigenvalue weighted by Crippen LogP contribution is 2.17. The van der Waals surface area contributed by atoms with Crippen molar-refractivity contribution in [1.29, 1.82) is 0 Å². The fourth-order valence-electron chi connectivity index (χ4n) is 1.71. The van der Waals surface area contributed by atoms with Crippen molar-refractivity contribution in [3.8, 4) is 0 Å². The maximum atomic E-state index is 11.9. The minimum absolute atomic E-state index is 0.0927. The summed E-state index contributed by atoms with van der Waals surface area (Å²) in [4.78, 5) is 22.5. The summed E-state index contributed by atoms with van der Waals surface area (Å²) in [6.07, 6.45) is 7.05. The lowest BCUT2D eigenvalue weighted by Crippen LogP contribution is -2.17. The molecule has 0 bridgehead atoms. The largest absolute Gasteiger partial charge is 0.481 e. The number of esters is 1. The van der Waals surface area contributed by atoms with Gasteiger partial charge < -0.3 is 9.84 Å². The zero-order chi connectivity index (χ0) is 14.7. The number of carboxylic acids is 1.